The normalized spacial score (nSPS) is 11.5. The first-order chi connectivity index (χ1) is 25.8. The molecule has 52 heavy (non-hydrogen) atoms. The number of rotatable bonds is 5. The Balaban J connectivity index is 1.34. The Labute approximate surface area is 303 Å². The minimum atomic E-state index is 0.976. The number of hydrogen-bond donors (Lipinski definition) is 0. The van der Waals surface area contributed by atoms with Crippen LogP contribution in [0.5, 0.6) is 0 Å². The van der Waals surface area contributed by atoms with Gasteiger partial charge in [0.25, 0.3) is 0 Å². The molecule has 0 unspecified atom stereocenters. The fraction of sp³-hybridized carbons (Fsp3) is 0. The average Bonchev–Trinajstić information content (AvgIpc) is 3.22. The van der Waals surface area contributed by atoms with Gasteiger partial charge in [-0.15, -0.1) is 0 Å². The van der Waals surface area contributed by atoms with E-state index in [0.717, 1.165) is 27.9 Å². The molecule has 242 valence electrons. The standard InChI is InChI=1S/C51H33N/c1-3-15-36(16-4-1)43-29-30-52-51(37-17-5-2-6-18-37)50(43)42-27-28-46-47(33-42)49(41-26-24-35-14-8-10-20-39(35)32-41)45-22-12-11-21-44(45)48(46)40-25-23-34-13-7-9-19-38(34)31-40/h1-33H. The Hall–Kier alpha value is -6.83. The predicted molar refractivity (Wildman–Crippen MR) is 221 cm³/mol. The fourth-order valence-corrected chi connectivity index (χ4v) is 8.07. The first kappa shape index (κ1) is 30.0. The Bertz CT molecular complexity index is 2880. The first-order valence-electron chi connectivity index (χ1n) is 17.9. The molecule has 0 spiro atoms. The molecule has 0 fully saturated rings. The Morgan fingerprint density at radius 3 is 1.35 bits per heavy atom. The summed E-state index contributed by atoms with van der Waals surface area (Å²) < 4.78 is 0. The monoisotopic (exact) mass is 659 g/mol. The molecule has 0 bridgehead atoms. The second-order valence-corrected chi connectivity index (χ2v) is 13.5. The van der Waals surface area contributed by atoms with Gasteiger partial charge in [0, 0.05) is 17.3 Å². The van der Waals surface area contributed by atoms with E-state index in [1.54, 1.807) is 0 Å². The van der Waals surface area contributed by atoms with E-state index in [2.05, 4.69) is 194 Å². The minimum Gasteiger partial charge on any atom is -0.256 e. The van der Waals surface area contributed by atoms with Crippen molar-refractivity contribution in [2.45, 2.75) is 0 Å². The number of pyridine rings is 1. The van der Waals surface area contributed by atoms with Gasteiger partial charge in [-0.2, -0.15) is 0 Å². The lowest BCUT2D eigenvalue weighted by Gasteiger charge is -2.20. The van der Waals surface area contributed by atoms with Crippen LogP contribution in [0.3, 0.4) is 0 Å². The molecule has 0 saturated heterocycles. The summed E-state index contributed by atoms with van der Waals surface area (Å²) in [7, 11) is 0. The predicted octanol–water partition coefficient (Wildman–Crippen LogP) is 14.0. The van der Waals surface area contributed by atoms with E-state index >= 15 is 0 Å². The molecule has 10 aromatic rings. The largest absolute Gasteiger partial charge is 0.256 e. The zero-order chi connectivity index (χ0) is 34.4. The maximum absolute atomic E-state index is 5.05. The van der Waals surface area contributed by atoms with Crippen molar-refractivity contribution in [2.75, 3.05) is 0 Å². The number of hydrogen-bond acceptors (Lipinski definition) is 1. The minimum absolute atomic E-state index is 0.976. The molecule has 10 rings (SSSR count). The third-order valence-electron chi connectivity index (χ3n) is 10.5. The Morgan fingerprint density at radius 2 is 0.731 bits per heavy atom. The van der Waals surface area contributed by atoms with E-state index in [9.17, 15) is 0 Å². The van der Waals surface area contributed by atoms with Crippen LogP contribution in [0, 0.1) is 0 Å². The van der Waals surface area contributed by atoms with E-state index < -0.39 is 0 Å². The second-order valence-electron chi connectivity index (χ2n) is 13.5. The molecule has 0 aliphatic rings. The zero-order valence-corrected chi connectivity index (χ0v) is 28.5. The third kappa shape index (κ3) is 5.06. The van der Waals surface area contributed by atoms with Gasteiger partial charge >= 0.3 is 0 Å². The van der Waals surface area contributed by atoms with Crippen LogP contribution in [0.25, 0.3) is 98.9 Å². The highest BCUT2D eigenvalue weighted by molar-refractivity contribution is 6.23. The molecule has 0 saturated carbocycles. The van der Waals surface area contributed by atoms with Crippen molar-refractivity contribution >= 4 is 43.1 Å². The lowest BCUT2D eigenvalue weighted by atomic mass is 9.83. The fourth-order valence-electron chi connectivity index (χ4n) is 8.07. The number of aromatic nitrogens is 1. The van der Waals surface area contributed by atoms with Crippen LogP contribution in [-0.2, 0) is 0 Å². The molecule has 0 atom stereocenters. The average molecular weight is 660 g/mol. The summed E-state index contributed by atoms with van der Waals surface area (Å²) in [5, 5.41) is 9.89. The van der Waals surface area contributed by atoms with E-state index in [1.807, 2.05) is 6.20 Å². The van der Waals surface area contributed by atoms with E-state index in [-0.39, 0.29) is 0 Å². The molecule has 1 heteroatoms. The van der Waals surface area contributed by atoms with Crippen molar-refractivity contribution in [2.24, 2.45) is 0 Å². The maximum Gasteiger partial charge on any atom is 0.0786 e. The summed E-state index contributed by atoms with van der Waals surface area (Å²) in [6.45, 7) is 0. The van der Waals surface area contributed by atoms with Gasteiger partial charge in [-0.25, -0.2) is 0 Å². The van der Waals surface area contributed by atoms with Gasteiger partial charge in [0.05, 0.1) is 5.69 Å². The van der Waals surface area contributed by atoms with Gasteiger partial charge < -0.3 is 0 Å². The van der Waals surface area contributed by atoms with E-state index in [4.69, 9.17) is 4.98 Å². The molecular formula is C51H33N. The summed E-state index contributed by atoms with van der Waals surface area (Å²) in [5.74, 6) is 0. The number of nitrogens with zero attached hydrogens (tertiary/aromatic N) is 1. The van der Waals surface area contributed by atoms with Crippen molar-refractivity contribution in [1.82, 2.24) is 4.98 Å². The zero-order valence-electron chi connectivity index (χ0n) is 28.5. The summed E-state index contributed by atoms with van der Waals surface area (Å²) in [5.41, 5.74) is 11.6. The third-order valence-corrected chi connectivity index (χ3v) is 10.5. The summed E-state index contributed by atoms with van der Waals surface area (Å²) in [6.07, 6.45) is 1.95. The van der Waals surface area contributed by atoms with Crippen molar-refractivity contribution in [3.63, 3.8) is 0 Å². The highest BCUT2D eigenvalue weighted by Crippen LogP contribution is 2.47. The van der Waals surface area contributed by atoms with Gasteiger partial charge in [0.1, 0.15) is 0 Å². The summed E-state index contributed by atoms with van der Waals surface area (Å²) in [4.78, 5) is 5.05. The van der Waals surface area contributed by atoms with Gasteiger partial charge in [-0.1, -0.05) is 170 Å². The van der Waals surface area contributed by atoms with Crippen molar-refractivity contribution < 1.29 is 0 Å². The Morgan fingerprint density at radius 1 is 0.269 bits per heavy atom. The smallest absolute Gasteiger partial charge is 0.0786 e. The lowest BCUT2D eigenvalue weighted by Crippen LogP contribution is -1.95. The first-order valence-corrected chi connectivity index (χ1v) is 17.9. The lowest BCUT2D eigenvalue weighted by molar-refractivity contribution is 1.32. The van der Waals surface area contributed by atoms with Crippen LogP contribution in [-0.4, -0.2) is 4.98 Å². The highest BCUT2D eigenvalue weighted by atomic mass is 14.7. The quantitative estimate of drug-likeness (QED) is 0.168. The topological polar surface area (TPSA) is 12.9 Å². The molecule has 1 nitrogen and oxygen atoms in total. The van der Waals surface area contributed by atoms with Crippen molar-refractivity contribution in [3.05, 3.63) is 200 Å². The SMILES string of the molecule is c1ccc(-c2ccnc(-c3ccccc3)c2-c2ccc3c(-c4ccc5ccccc5c4)c4ccccc4c(-c4ccc5ccccc5c4)c3c2)cc1. The van der Waals surface area contributed by atoms with Crippen LogP contribution in [0.15, 0.2) is 200 Å². The van der Waals surface area contributed by atoms with Gasteiger partial charge in [0.2, 0.25) is 0 Å². The van der Waals surface area contributed by atoms with Crippen LogP contribution < -0.4 is 0 Å². The van der Waals surface area contributed by atoms with Crippen LogP contribution in [0.2, 0.25) is 0 Å². The molecule has 0 N–H and O–H groups in total. The highest BCUT2D eigenvalue weighted by Gasteiger charge is 2.21. The molecule has 0 radical (unpaired) electrons. The van der Waals surface area contributed by atoms with Gasteiger partial charge in [-0.3, -0.25) is 4.98 Å². The number of fused-ring (bicyclic) bond motifs is 4. The summed E-state index contributed by atoms with van der Waals surface area (Å²) >= 11 is 0. The van der Waals surface area contributed by atoms with E-state index in [0.29, 0.717) is 0 Å². The second kappa shape index (κ2) is 12.5. The van der Waals surface area contributed by atoms with Crippen LogP contribution >= 0.6 is 0 Å². The van der Waals surface area contributed by atoms with Crippen molar-refractivity contribution in [3.8, 4) is 55.8 Å². The van der Waals surface area contributed by atoms with Crippen molar-refractivity contribution in [1.29, 1.82) is 0 Å². The molecule has 1 aromatic heterocycles. The van der Waals surface area contributed by atoms with Gasteiger partial charge in [-0.05, 0) is 106 Å². The van der Waals surface area contributed by atoms with Crippen LogP contribution in [0.1, 0.15) is 0 Å². The van der Waals surface area contributed by atoms with Gasteiger partial charge in [0.15, 0.2) is 0 Å². The maximum atomic E-state index is 5.05. The molecule has 9 aromatic carbocycles. The molecular weight excluding hydrogens is 627 g/mol. The van der Waals surface area contributed by atoms with E-state index in [1.165, 1.54) is 70.9 Å². The molecule has 1 heterocycles. The molecule has 0 amide bonds. The molecule has 0 aliphatic carbocycles. The molecule has 0 aliphatic heterocycles. The Kier molecular flexibility index (Phi) is 7.22. The number of benzene rings is 9. The van der Waals surface area contributed by atoms with Crippen LogP contribution in [0.4, 0.5) is 0 Å². The summed E-state index contributed by atoms with van der Waals surface area (Å²) in [6, 6.07) is 70.5.